The number of aliphatic hydroxyl groups is 1. The molecule has 0 unspecified atom stereocenters. The molecule has 1 aromatic carbocycles. The van der Waals surface area contributed by atoms with Gasteiger partial charge in [-0.1, -0.05) is 12.1 Å². The molecule has 134 valence electrons. The van der Waals surface area contributed by atoms with Crippen LogP contribution in [0.3, 0.4) is 0 Å². The molecule has 0 saturated carbocycles. The molecule has 4 nitrogen and oxygen atoms in total. The molecule has 1 aromatic rings. The summed E-state index contributed by atoms with van der Waals surface area (Å²) < 4.78 is 43.1. The maximum atomic E-state index is 12.6. The van der Waals surface area contributed by atoms with Crippen molar-refractivity contribution in [3.63, 3.8) is 0 Å². The van der Waals surface area contributed by atoms with E-state index < -0.39 is 17.8 Å². The highest BCUT2D eigenvalue weighted by Crippen LogP contribution is 2.29. The molecule has 3 rings (SSSR count). The first-order valence-corrected chi connectivity index (χ1v) is 8.32. The maximum Gasteiger partial charge on any atom is 0.416 e. The van der Waals surface area contributed by atoms with E-state index in [0.717, 1.165) is 43.8 Å². The van der Waals surface area contributed by atoms with Gasteiger partial charge in [-0.25, -0.2) is 0 Å². The highest BCUT2D eigenvalue weighted by Gasteiger charge is 2.33. The topological polar surface area (TPSA) is 35.9 Å². The van der Waals surface area contributed by atoms with Crippen LogP contribution in [0.25, 0.3) is 0 Å². The predicted molar refractivity (Wildman–Crippen MR) is 83.5 cm³/mol. The van der Waals surface area contributed by atoms with E-state index in [-0.39, 0.29) is 6.04 Å². The summed E-state index contributed by atoms with van der Waals surface area (Å²) in [6.45, 7) is 5.05. The van der Waals surface area contributed by atoms with Crippen molar-refractivity contribution in [1.29, 1.82) is 0 Å². The molecule has 0 spiro atoms. The first-order chi connectivity index (χ1) is 11.4. The van der Waals surface area contributed by atoms with Crippen molar-refractivity contribution in [2.75, 3.05) is 39.4 Å². The average molecular weight is 344 g/mol. The lowest BCUT2D eigenvalue weighted by Gasteiger charge is -2.43. The molecular formula is C17H23F3N2O2. The van der Waals surface area contributed by atoms with E-state index >= 15 is 0 Å². The number of hydrogen-bond donors (Lipinski definition) is 1. The molecule has 0 bridgehead atoms. The Kier molecular flexibility index (Phi) is 5.44. The van der Waals surface area contributed by atoms with Crippen LogP contribution in [-0.2, 0) is 17.5 Å². The second kappa shape index (κ2) is 7.39. The van der Waals surface area contributed by atoms with Crippen LogP contribution in [0, 0.1) is 0 Å². The van der Waals surface area contributed by atoms with Gasteiger partial charge in [0.1, 0.15) is 0 Å². The third kappa shape index (κ3) is 4.27. The SMILES string of the molecule is O[C@@H]1CN(Cc2ccc(C(F)(F)F)cc2)CC[C@H]1N1CCOCC1. The zero-order valence-electron chi connectivity index (χ0n) is 13.5. The number of alkyl halides is 3. The summed E-state index contributed by atoms with van der Waals surface area (Å²) in [5, 5.41) is 10.4. The molecule has 2 fully saturated rings. The van der Waals surface area contributed by atoms with Crippen molar-refractivity contribution in [2.24, 2.45) is 0 Å². The van der Waals surface area contributed by atoms with Gasteiger partial charge in [0, 0.05) is 38.8 Å². The Hall–Kier alpha value is -1.15. The molecule has 24 heavy (non-hydrogen) atoms. The molecule has 0 amide bonds. The highest BCUT2D eigenvalue weighted by molar-refractivity contribution is 5.24. The number of hydrogen-bond acceptors (Lipinski definition) is 4. The number of ether oxygens (including phenoxy) is 1. The smallest absolute Gasteiger partial charge is 0.390 e. The zero-order chi connectivity index (χ0) is 17.2. The minimum Gasteiger partial charge on any atom is -0.390 e. The molecule has 2 aliphatic rings. The van der Waals surface area contributed by atoms with Gasteiger partial charge in [0.15, 0.2) is 0 Å². The summed E-state index contributed by atoms with van der Waals surface area (Å²) in [4.78, 5) is 4.38. The summed E-state index contributed by atoms with van der Waals surface area (Å²) in [7, 11) is 0. The van der Waals surface area contributed by atoms with Crippen molar-refractivity contribution in [3.8, 4) is 0 Å². The fourth-order valence-corrected chi connectivity index (χ4v) is 3.52. The van der Waals surface area contributed by atoms with E-state index in [1.54, 1.807) is 0 Å². The van der Waals surface area contributed by atoms with E-state index in [1.807, 2.05) is 0 Å². The van der Waals surface area contributed by atoms with Gasteiger partial charge in [0.2, 0.25) is 0 Å². The summed E-state index contributed by atoms with van der Waals surface area (Å²) >= 11 is 0. The molecule has 2 heterocycles. The Bertz CT molecular complexity index is 530. The van der Waals surface area contributed by atoms with Crippen molar-refractivity contribution >= 4 is 0 Å². The van der Waals surface area contributed by atoms with E-state index in [2.05, 4.69) is 9.80 Å². The number of nitrogens with zero attached hydrogens (tertiary/aromatic N) is 2. The van der Waals surface area contributed by atoms with Crippen molar-refractivity contribution in [2.45, 2.75) is 31.3 Å². The van der Waals surface area contributed by atoms with Crippen molar-refractivity contribution in [3.05, 3.63) is 35.4 Å². The number of halogens is 3. The summed E-state index contributed by atoms with van der Waals surface area (Å²) in [5.41, 5.74) is 0.206. The molecular weight excluding hydrogens is 321 g/mol. The van der Waals surface area contributed by atoms with Gasteiger partial charge in [-0.2, -0.15) is 13.2 Å². The Labute approximate surface area is 139 Å². The molecule has 2 atom stereocenters. The van der Waals surface area contributed by atoms with Gasteiger partial charge in [-0.05, 0) is 24.1 Å². The van der Waals surface area contributed by atoms with E-state index in [9.17, 15) is 18.3 Å². The van der Waals surface area contributed by atoms with Crippen molar-refractivity contribution in [1.82, 2.24) is 9.80 Å². The van der Waals surface area contributed by atoms with E-state index in [1.165, 1.54) is 12.1 Å². The first kappa shape index (κ1) is 17.7. The predicted octanol–water partition coefficient (Wildman–Crippen LogP) is 1.97. The molecule has 2 saturated heterocycles. The molecule has 7 heteroatoms. The summed E-state index contributed by atoms with van der Waals surface area (Å²) in [6, 6.07) is 5.42. The number of β-amino-alcohol motifs (C(OH)–C–C–N with tert-alkyl or cyclic N) is 1. The Morgan fingerprint density at radius 1 is 1.08 bits per heavy atom. The van der Waals surface area contributed by atoms with Crippen LogP contribution < -0.4 is 0 Å². The maximum absolute atomic E-state index is 12.6. The fourth-order valence-electron chi connectivity index (χ4n) is 3.52. The molecule has 0 radical (unpaired) electrons. The standard InChI is InChI=1S/C17H23F3N2O2/c18-17(19,20)14-3-1-13(2-4-14)11-21-6-5-15(16(23)12-21)22-7-9-24-10-8-22/h1-4,15-16,23H,5-12H2/t15-,16-/m1/s1. The number of aliphatic hydroxyl groups excluding tert-OH is 1. The Balaban J connectivity index is 1.54. The molecule has 2 aliphatic heterocycles. The minimum atomic E-state index is -4.30. The Morgan fingerprint density at radius 3 is 2.33 bits per heavy atom. The van der Waals surface area contributed by atoms with Gasteiger partial charge >= 0.3 is 6.18 Å². The summed E-state index contributed by atoms with van der Waals surface area (Å²) in [5.74, 6) is 0. The monoisotopic (exact) mass is 344 g/mol. The third-order valence-corrected chi connectivity index (χ3v) is 4.83. The second-order valence-electron chi connectivity index (χ2n) is 6.50. The lowest BCUT2D eigenvalue weighted by atomic mass is 9.99. The zero-order valence-corrected chi connectivity index (χ0v) is 13.5. The average Bonchev–Trinajstić information content (AvgIpc) is 2.55. The Morgan fingerprint density at radius 2 is 1.75 bits per heavy atom. The summed E-state index contributed by atoms with van der Waals surface area (Å²) in [6.07, 6.45) is -3.88. The van der Waals surface area contributed by atoms with E-state index in [0.29, 0.717) is 26.3 Å². The van der Waals surface area contributed by atoms with Crippen LogP contribution in [0.1, 0.15) is 17.5 Å². The molecule has 0 aromatic heterocycles. The van der Waals surface area contributed by atoms with Gasteiger partial charge in [0.05, 0.1) is 24.9 Å². The highest BCUT2D eigenvalue weighted by atomic mass is 19.4. The third-order valence-electron chi connectivity index (χ3n) is 4.83. The minimum absolute atomic E-state index is 0.151. The van der Waals surface area contributed by atoms with Crippen LogP contribution in [0.2, 0.25) is 0 Å². The number of benzene rings is 1. The van der Waals surface area contributed by atoms with E-state index in [4.69, 9.17) is 4.74 Å². The van der Waals surface area contributed by atoms with Gasteiger partial charge in [-0.15, -0.1) is 0 Å². The van der Waals surface area contributed by atoms with Crippen molar-refractivity contribution < 1.29 is 23.0 Å². The largest absolute Gasteiger partial charge is 0.416 e. The molecule has 1 N–H and O–H groups in total. The van der Waals surface area contributed by atoms with Gasteiger partial charge in [-0.3, -0.25) is 9.80 Å². The van der Waals surface area contributed by atoms with Crippen LogP contribution in [0.5, 0.6) is 0 Å². The van der Waals surface area contributed by atoms with Crippen LogP contribution >= 0.6 is 0 Å². The first-order valence-electron chi connectivity index (χ1n) is 8.32. The van der Waals surface area contributed by atoms with Crippen LogP contribution in [-0.4, -0.2) is 66.4 Å². The van der Waals surface area contributed by atoms with Gasteiger partial charge < -0.3 is 9.84 Å². The number of piperidine rings is 1. The lowest BCUT2D eigenvalue weighted by Crippen LogP contribution is -2.56. The van der Waals surface area contributed by atoms with Crippen LogP contribution in [0.15, 0.2) is 24.3 Å². The number of likely N-dealkylation sites (tertiary alicyclic amines) is 1. The normalized spacial score (nSPS) is 27.3. The van der Waals surface area contributed by atoms with Gasteiger partial charge in [0.25, 0.3) is 0 Å². The second-order valence-corrected chi connectivity index (χ2v) is 6.50. The fraction of sp³-hybridized carbons (Fsp3) is 0.647. The number of morpholine rings is 1. The lowest BCUT2D eigenvalue weighted by molar-refractivity contribution is -0.137. The van der Waals surface area contributed by atoms with Crippen LogP contribution in [0.4, 0.5) is 13.2 Å². The molecule has 0 aliphatic carbocycles. The quantitative estimate of drug-likeness (QED) is 0.910. The number of rotatable bonds is 3.